The van der Waals surface area contributed by atoms with Gasteiger partial charge in [0.05, 0.1) is 22.3 Å². The minimum atomic E-state index is 0.262. The van der Waals surface area contributed by atoms with Crippen molar-refractivity contribution in [3.05, 3.63) is 74.1 Å². The fourth-order valence-electron chi connectivity index (χ4n) is 2.64. The highest BCUT2D eigenvalue weighted by molar-refractivity contribution is 7.12. The van der Waals surface area contributed by atoms with Crippen LogP contribution in [0.2, 0.25) is 5.02 Å². The summed E-state index contributed by atoms with van der Waals surface area (Å²) in [7, 11) is 0. The lowest BCUT2D eigenvalue weighted by Crippen LogP contribution is -2.17. The second-order valence-electron chi connectivity index (χ2n) is 5.08. The first-order chi connectivity index (χ1) is 10.8. The maximum Gasteiger partial charge on any atom is 0.0923 e. The number of rotatable bonds is 3. The van der Waals surface area contributed by atoms with Gasteiger partial charge in [-0.3, -0.25) is 5.01 Å². The van der Waals surface area contributed by atoms with E-state index < -0.39 is 0 Å². The van der Waals surface area contributed by atoms with Gasteiger partial charge in [-0.05, 0) is 47.2 Å². The Morgan fingerprint density at radius 3 is 2.45 bits per heavy atom. The zero-order valence-corrected chi connectivity index (χ0v) is 14.0. The topological polar surface area (TPSA) is 15.6 Å². The van der Waals surface area contributed by atoms with Crippen LogP contribution in [0.15, 0.2) is 64.4 Å². The fraction of sp³-hybridized carbons (Fsp3) is 0.118. The summed E-state index contributed by atoms with van der Waals surface area (Å²) >= 11 is 9.54. The average molecular weight is 345 g/mol. The van der Waals surface area contributed by atoms with Gasteiger partial charge in [-0.25, -0.2) is 0 Å². The number of anilines is 1. The Balaban J connectivity index is 1.74. The van der Waals surface area contributed by atoms with Crippen molar-refractivity contribution in [3.8, 4) is 0 Å². The fourth-order valence-corrected chi connectivity index (χ4v) is 4.30. The zero-order chi connectivity index (χ0) is 14.9. The highest BCUT2D eigenvalue weighted by Crippen LogP contribution is 2.39. The smallest absolute Gasteiger partial charge is 0.0923 e. The van der Waals surface area contributed by atoms with Crippen molar-refractivity contribution in [1.29, 1.82) is 0 Å². The monoisotopic (exact) mass is 344 g/mol. The van der Waals surface area contributed by atoms with Crippen LogP contribution in [0.1, 0.15) is 22.2 Å². The van der Waals surface area contributed by atoms with Crippen molar-refractivity contribution in [2.24, 2.45) is 5.10 Å². The second-order valence-corrected chi connectivity index (χ2v) is 7.44. The third-order valence-corrected chi connectivity index (χ3v) is 5.82. The molecule has 3 aromatic rings. The van der Waals surface area contributed by atoms with E-state index in [1.807, 2.05) is 24.3 Å². The van der Waals surface area contributed by atoms with Gasteiger partial charge in [-0.15, -0.1) is 22.7 Å². The molecule has 0 aliphatic carbocycles. The molecule has 0 spiro atoms. The molecule has 1 atom stereocenters. The summed E-state index contributed by atoms with van der Waals surface area (Å²) in [4.78, 5) is 2.59. The quantitative estimate of drug-likeness (QED) is 0.584. The van der Waals surface area contributed by atoms with E-state index >= 15 is 0 Å². The standard InChI is InChI=1S/C17H13ClN2S2/c18-12-5-7-13(8-6-12)20-15(17-4-2-10-22-17)11-14(19-20)16-3-1-9-21-16/h1-10,15H,11H2. The SMILES string of the molecule is Clc1ccc(N2N=C(c3cccs3)CC2c2cccs2)cc1. The number of hydrazone groups is 1. The van der Waals surface area contributed by atoms with E-state index in [9.17, 15) is 0 Å². The molecule has 1 aliphatic rings. The maximum atomic E-state index is 6.01. The van der Waals surface area contributed by atoms with Crippen LogP contribution in [-0.4, -0.2) is 5.71 Å². The van der Waals surface area contributed by atoms with Gasteiger partial charge in [0.1, 0.15) is 0 Å². The molecule has 0 saturated carbocycles. The summed E-state index contributed by atoms with van der Waals surface area (Å²) in [6, 6.07) is 16.7. The second kappa shape index (κ2) is 5.88. The van der Waals surface area contributed by atoms with Gasteiger partial charge < -0.3 is 0 Å². The van der Waals surface area contributed by atoms with E-state index in [0.29, 0.717) is 0 Å². The van der Waals surface area contributed by atoms with E-state index in [0.717, 1.165) is 22.8 Å². The lowest BCUT2D eigenvalue weighted by molar-refractivity contribution is 0.722. The van der Waals surface area contributed by atoms with Crippen molar-refractivity contribution in [1.82, 2.24) is 0 Å². The molecule has 5 heteroatoms. The molecular formula is C17H13ClN2S2. The highest BCUT2D eigenvalue weighted by atomic mass is 35.5. The molecule has 22 heavy (non-hydrogen) atoms. The molecule has 4 rings (SSSR count). The van der Waals surface area contributed by atoms with Crippen molar-refractivity contribution in [2.45, 2.75) is 12.5 Å². The lowest BCUT2D eigenvalue weighted by atomic mass is 10.1. The summed E-state index contributed by atoms with van der Waals surface area (Å²) < 4.78 is 0. The van der Waals surface area contributed by atoms with Gasteiger partial charge in [0, 0.05) is 16.3 Å². The lowest BCUT2D eigenvalue weighted by Gasteiger charge is -2.22. The van der Waals surface area contributed by atoms with Gasteiger partial charge in [-0.1, -0.05) is 23.7 Å². The summed E-state index contributed by atoms with van der Waals surface area (Å²) in [5, 5.41) is 12.0. The molecule has 0 bridgehead atoms. The van der Waals surface area contributed by atoms with Crippen LogP contribution in [0.25, 0.3) is 0 Å². The highest BCUT2D eigenvalue weighted by Gasteiger charge is 2.30. The van der Waals surface area contributed by atoms with Crippen LogP contribution < -0.4 is 5.01 Å². The van der Waals surface area contributed by atoms with Gasteiger partial charge in [0.2, 0.25) is 0 Å². The van der Waals surface area contributed by atoms with Crippen LogP contribution >= 0.6 is 34.3 Å². The first-order valence-electron chi connectivity index (χ1n) is 7.01. The molecule has 0 N–H and O–H groups in total. The molecule has 1 unspecified atom stereocenters. The Hall–Kier alpha value is -1.62. The molecule has 2 nitrogen and oxygen atoms in total. The zero-order valence-electron chi connectivity index (χ0n) is 11.6. The van der Waals surface area contributed by atoms with Gasteiger partial charge in [-0.2, -0.15) is 5.10 Å². The number of thiophene rings is 2. The Morgan fingerprint density at radius 2 is 1.77 bits per heavy atom. The Kier molecular flexibility index (Phi) is 3.74. The number of hydrogen-bond acceptors (Lipinski definition) is 4. The Labute approximate surface area is 142 Å². The molecular weight excluding hydrogens is 332 g/mol. The number of halogens is 1. The molecule has 0 fully saturated rings. The van der Waals surface area contributed by atoms with Crippen LogP contribution in [0.5, 0.6) is 0 Å². The van der Waals surface area contributed by atoms with Gasteiger partial charge in [0.15, 0.2) is 0 Å². The molecule has 0 radical (unpaired) electrons. The largest absolute Gasteiger partial charge is 0.257 e. The van der Waals surface area contributed by atoms with Gasteiger partial charge in [0.25, 0.3) is 0 Å². The van der Waals surface area contributed by atoms with Crippen molar-refractivity contribution < 1.29 is 0 Å². The van der Waals surface area contributed by atoms with E-state index in [2.05, 4.69) is 40.0 Å². The van der Waals surface area contributed by atoms with Crippen molar-refractivity contribution in [3.63, 3.8) is 0 Å². The molecule has 0 saturated heterocycles. The normalized spacial score (nSPS) is 17.8. The molecule has 1 aliphatic heterocycles. The number of hydrogen-bond donors (Lipinski definition) is 0. The van der Waals surface area contributed by atoms with Crippen molar-refractivity contribution in [2.75, 3.05) is 5.01 Å². The van der Waals surface area contributed by atoms with E-state index in [1.54, 1.807) is 22.7 Å². The van der Waals surface area contributed by atoms with Gasteiger partial charge >= 0.3 is 0 Å². The predicted octanol–water partition coefficient (Wildman–Crippen LogP) is 5.82. The summed E-state index contributed by atoms with van der Waals surface area (Å²) in [5.41, 5.74) is 2.23. The summed E-state index contributed by atoms with van der Waals surface area (Å²) in [6.07, 6.45) is 0.934. The first-order valence-corrected chi connectivity index (χ1v) is 9.14. The van der Waals surface area contributed by atoms with Crippen LogP contribution in [0.3, 0.4) is 0 Å². The first kappa shape index (κ1) is 14.0. The Morgan fingerprint density at radius 1 is 1.00 bits per heavy atom. The molecule has 2 aromatic heterocycles. The molecule has 1 aromatic carbocycles. The van der Waals surface area contributed by atoms with Crippen molar-refractivity contribution >= 4 is 45.7 Å². The van der Waals surface area contributed by atoms with E-state index in [4.69, 9.17) is 16.7 Å². The molecule has 110 valence electrons. The minimum Gasteiger partial charge on any atom is -0.257 e. The van der Waals surface area contributed by atoms with Crippen LogP contribution in [0.4, 0.5) is 5.69 Å². The van der Waals surface area contributed by atoms with Crippen LogP contribution in [0, 0.1) is 0 Å². The molecule has 0 amide bonds. The summed E-state index contributed by atoms with van der Waals surface area (Å²) in [6.45, 7) is 0. The van der Waals surface area contributed by atoms with Crippen LogP contribution in [-0.2, 0) is 0 Å². The average Bonchev–Trinajstić information content (AvgIpc) is 3.27. The minimum absolute atomic E-state index is 0.262. The third kappa shape index (κ3) is 2.58. The number of benzene rings is 1. The Bertz CT molecular complexity index is 777. The maximum absolute atomic E-state index is 6.01. The van der Waals surface area contributed by atoms with E-state index in [1.165, 1.54) is 9.75 Å². The van der Waals surface area contributed by atoms with E-state index in [-0.39, 0.29) is 6.04 Å². The predicted molar refractivity (Wildman–Crippen MR) is 96.5 cm³/mol. The molecule has 3 heterocycles. The third-order valence-electron chi connectivity index (χ3n) is 3.68. The number of nitrogens with zero attached hydrogens (tertiary/aromatic N) is 2. The summed E-state index contributed by atoms with van der Waals surface area (Å²) in [5.74, 6) is 0.